The first kappa shape index (κ1) is 13.0. The number of para-hydroxylation sites is 1. The summed E-state index contributed by atoms with van der Waals surface area (Å²) >= 11 is 0. The van der Waals surface area contributed by atoms with Gasteiger partial charge in [0.2, 0.25) is 0 Å². The van der Waals surface area contributed by atoms with Gasteiger partial charge in [0.05, 0.1) is 0 Å². The summed E-state index contributed by atoms with van der Waals surface area (Å²) in [5.41, 5.74) is 2.85. The average Bonchev–Trinajstić information content (AvgIpc) is 2.16. The van der Waals surface area contributed by atoms with Crippen molar-refractivity contribution < 1.29 is 0 Å². The maximum absolute atomic E-state index is 3.50. The molecule has 2 heteroatoms. The van der Waals surface area contributed by atoms with Gasteiger partial charge < -0.3 is 10.2 Å². The Morgan fingerprint density at radius 2 is 1.81 bits per heavy atom. The van der Waals surface area contributed by atoms with Crippen molar-refractivity contribution in [3.05, 3.63) is 29.8 Å². The van der Waals surface area contributed by atoms with Crippen LogP contribution in [0, 0.1) is 6.92 Å². The van der Waals surface area contributed by atoms with Gasteiger partial charge in [0, 0.05) is 31.4 Å². The lowest BCUT2D eigenvalue weighted by Crippen LogP contribution is -2.40. The number of rotatable bonds is 4. The van der Waals surface area contributed by atoms with Crippen molar-refractivity contribution in [2.45, 2.75) is 33.2 Å². The van der Waals surface area contributed by atoms with Gasteiger partial charge in [-0.2, -0.15) is 0 Å². The number of hydrogen-bond donors (Lipinski definition) is 1. The maximum Gasteiger partial charge on any atom is 0.0393 e. The van der Waals surface area contributed by atoms with E-state index < -0.39 is 0 Å². The third kappa shape index (κ3) is 4.23. The van der Waals surface area contributed by atoms with Gasteiger partial charge >= 0.3 is 0 Å². The molecule has 2 nitrogen and oxygen atoms in total. The van der Waals surface area contributed by atoms with Gasteiger partial charge in [0.15, 0.2) is 0 Å². The summed E-state index contributed by atoms with van der Waals surface area (Å²) in [4.78, 5) is 2.30. The van der Waals surface area contributed by atoms with Gasteiger partial charge in [-0.25, -0.2) is 0 Å². The summed E-state index contributed by atoms with van der Waals surface area (Å²) < 4.78 is 0. The Morgan fingerprint density at radius 3 is 2.38 bits per heavy atom. The van der Waals surface area contributed by atoms with Crippen LogP contribution in [0.3, 0.4) is 0 Å². The van der Waals surface area contributed by atoms with Crippen LogP contribution in [0.1, 0.15) is 26.3 Å². The Hall–Kier alpha value is -1.02. The molecule has 0 bridgehead atoms. The molecule has 0 aromatic heterocycles. The molecule has 0 aliphatic rings. The predicted octanol–water partition coefficient (Wildman–Crippen LogP) is 2.82. The molecule has 0 spiro atoms. The van der Waals surface area contributed by atoms with E-state index in [2.05, 4.69) is 69.2 Å². The minimum atomic E-state index is 0.201. The molecule has 0 amide bonds. The van der Waals surface area contributed by atoms with E-state index in [0.717, 1.165) is 13.1 Å². The lowest BCUT2D eigenvalue weighted by molar-refractivity contribution is 0.431. The lowest BCUT2D eigenvalue weighted by Gasteiger charge is -2.25. The third-order valence-corrected chi connectivity index (χ3v) is 2.63. The quantitative estimate of drug-likeness (QED) is 0.839. The van der Waals surface area contributed by atoms with E-state index in [1.165, 1.54) is 11.3 Å². The summed E-state index contributed by atoms with van der Waals surface area (Å²) in [6.45, 7) is 10.8. The second-order valence-electron chi connectivity index (χ2n) is 5.38. The molecule has 1 N–H and O–H groups in total. The normalized spacial score (nSPS) is 11.6. The Bertz CT molecular complexity index is 326. The Kier molecular flexibility index (Phi) is 4.36. The molecule has 0 unspecified atom stereocenters. The molecule has 0 radical (unpaired) electrons. The highest BCUT2D eigenvalue weighted by Crippen LogP contribution is 2.17. The molecule has 16 heavy (non-hydrogen) atoms. The van der Waals surface area contributed by atoms with Crippen LogP contribution in [0.15, 0.2) is 24.3 Å². The minimum Gasteiger partial charge on any atom is -0.373 e. The average molecular weight is 220 g/mol. The van der Waals surface area contributed by atoms with Crippen LogP contribution in [-0.2, 0) is 0 Å². The molecular weight excluding hydrogens is 196 g/mol. The van der Waals surface area contributed by atoms with Crippen molar-refractivity contribution in [2.24, 2.45) is 0 Å². The molecule has 90 valence electrons. The van der Waals surface area contributed by atoms with E-state index in [0.29, 0.717) is 0 Å². The van der Waals surface area contributed by atoms with E-state index in [4.69, 9.17) is 0 Å². The van der Waals surface area contributed by atoms with E-state index in [9.17, 15) is 0 Å². The molecule has 1 aromatic rings. The number of nitrogens with one attached hydrogen (secondary N) is 1. The van der Waals surface area contributed by atoms with Crippen LogP contribution >= 0.6 is 0 Å². The van der Waals surface area contributed by atoms with Crippen LogP contribution in [0.4, 0.5) is 5.69 Å². The highest BCUT2D eigenvalue weighted by Gasteiger charge is 2.09. The number of aryl methyl sites for hydroxylation is 1. The number of benzene rings is 1. The largest absolute Gasteiger partial charge is 0.373 e. The van der Waals surface area contributed by atoms with Crippen molar-refractivity contribution in [1.82, 2.24) is 5.32 Å². The molecule has 1 aromatic carbocycles. The van der Waals surface area contributed by atoms with E-state index >= 15 is 0 Å². The van der Waals surface area contributed by atoms with Gasteiger partial charge in [-0.1, -0.05) is 18.2 Å². The zero-order valence-corrected chi connectivity index (χ0v) is 11.2. The van der Waals surface area contributed by atoms with E-state index in [1.54, 1.807) is 0 Å². The fourth-order valence-corrected chi connectivity index (χ4v) is 1.71. The Labute approximate surface area is 99.7 Å². The Balaban J connectivity index is 2.47. The molecule has 0 fully saturated rings. The number of likely N-dealkylation sites (N-methyl/N-ethyl adjacent to an activating group) is 1. The number of anilines is 1. The molecule has 1 rings (SSSR count). The first-order valence-corrected chi connectivity index (χ1v) is 5.92. The molecular formula is C14H24N2. The van der Waals surface area contributed by atoms with Crippen LogP contribution in [0.5, 0.6) is 0 Å². The number of nitrogens with zero attached hydrogens (tertiary/aromatic N) is 1. The topological polar surface area (TPSA) is 15.3 Å². The first-order chi connectivity index (χ1) is 7.40. The van der Waals surface area contributed by atoms with Crippen molar-refractivity contribution in [1.29, 1.82) is 0 Å². The van der Waals surface area contributed by atoms with E-state index in [-0.39, 0.29) is 5.54 Å². The molecule has 0 aliphatic carbocycles. The van der Waals surface area contributed by atoms with Crippen LogP contribution in [0.2, 0.25) is 0 Å². The molecule has 0 saturated heterocycles. The van der Waals surface area contributed by atoms with Gasteiger partial charge in [-0.05, 0) is 39.3 Å². The standard InChI is InChI=1S/C14H24N2/c1-12-8-6-7-9-13(12)16(5)11-10-15-14(2,3)4/h6-9,15H,10-11H2,1-5H3. The summed E-state index contributed by atoms with van der Waals surface area (Å²) in [5, 5.41) is 3.50. The first-order valence-electron chi connectivity index (χ1n) is 5.92. The summed E-state index contributed by atoms with van der Waals surface area (Å²) in [7, 11) is 2.15. The lowest BCUT2D eigenvalue weighted by atomic mass is 10.1. The van der Waals surface area contributed by atoms with Gasteiger partial charge in [0.1, 0.15) is 0 Å². The van der Waals surface area contributed by atoms with Crippen molar-refractivity contribution in [3.8, 4) is 0 Å². The molecule has 0 atom stereocenters. The van der Waals surface area contributed by atoms with Crippen molar-refractivity contribution >= 4 is 5.69 Å². The fourth-order valence-electron chi connectivity index (χ4n) is 1.71. The zero-order chi connectivity index (χ0) is 12.2. The smallest absolute Gasteiger partial charge is 0.0393 e. The van der Waals surface area contributed by atoms with Crippen molar-refractivity contribution in [3.63, 3.8) is 0 Å². The van der Waals surface area contributed by atoms with Crippen LogP contribution in [-0.4, -0.2) is 25.7 Å². The SMILES string of the molecule is Cc1ccccc1N(C)CCNC(C)(C)C. The minimum absolute atomic E-state index is 0.201. The monoisotopic (exact) mass is 220 g/mol. The number of hydrogen-bond acceptors (Lipinski definition) is 2. The molecule has 0 saturated carbocycles. The maximum atomic E-state index is 3.50. The second kappa shape index (κ2) is 5.35. The second-order valence-corrected chi connectivity index (χ2v) is 5.38. The van der Waals surface area contributed by atoms with Gasteiger partial charge in [-0.3, -0.25) is 0 Å². The van der Waals surface area contributed by atoms with Gasteiger partial charge in [0.25, 0.3) is 0 Å². The Morgan fingerprint density at radius 1 is 1.19 bits per heavy atom. The van der Waals surface area contributed by atoms with Crippen molar-refractivity contribution in [2.75, 3.05) is 25.0 Å². The van der Waals surface area contributed by atoms with Crippen LogP contribution in [0.25, 0.3) is 0 Å². The van der Waals surface area contributed by atoms with E-state index in [1.807, 2.05) is 0 Å². The summed E-state index contributed by atoms with van der Waals surface area (Å²) in [6, 6.07) is 8.51. The summed E-state index contributed by atoms with van der Waals surface area (Å²) in [5.74, 6) is 0. The molecule has 0 heterocycles. The van der Waals surface area contributed by atoms with Gasteiger partial charge in [-0.15, -0.1) is 0 Å². The predicted molar refractivity (Wildman–Crippen MR) is 72.2 cm³/mol. The summed E-state index contributed by atoms with van der Waals surface area (Å²) in [6.07, 6.45) is 0. The zero-order valence-electron chi connectivity index (χ0n) is 11.2. The highest BCUT2D eigenvalue weighted by atomic mass is 15.1. The third-order valence-electron chi connectivity index (χ3n) is 2.63. The van der Waals surface area contributed by atoms with Crippen LogP contribution < -0.4 is 10.2 Å². The fraction of sp³-hybridized carbons (Fsp3) is 0.571. The highest BCUT2D eigenvalue weighted by molar-refractivity contribution is 5.52. The molecule has 0 aliphatic heterocycles.